The van der Waals surface area contributed by atoms with E-state index in [1.807, 2.05) is 0 Å². The van der Waals surface area contributed by atoms with Crippen LogP contribution in [0.5, 0.6) is 0 Å². The predicted molar refractivity (Wildman–Crippen MR) is 32.0 cm³/mol. The largest absolute Gasteiger partial charge is 0.0648 e. The summed E-state index contributed by atoms with van der Waals surface area (Å²) in [6.45, 7) is 2.26. The Morgan fingerprint density at radius 1 is 1.29 bits per heavy atom. The molecule has 0 aromatic heterocycles. The van der Waals surface area contributed by atoms with Gasteiger partial charge in [0.2, 0.25) is 0 Å². The Morgan fingerprint density at radius 2 is 1.86 bits per heavy atom. The van der Waals surface area contributed by atoms with E-state index in [2.05, 4.69) is 6.92 Å². The van der Waals surface area contributed by atoms with Gasteiger partial charge in [-0.1, -0.05) is 19.8 Å². The molecule has 0 unspecified atom stereocenters. The van der Waals surface area contributed by atoms with Crippen molar-refractivity contribution in [1.82, 2.24) is 0 Å². The summed E-state index contributed by atoms with van der Waals surface area (Å²) in [5.74, 6) is 1.79. The van der Waals surface area contributed by atoms with Crippen LogP contribution in [0.4, 0.5) is 0 Å². The molecular formula is C7H13. The Hall–Kier alpha value is 0. The fraction of sp³-hybridized carbons (Fsp3) is 0.857. The van der Waals surface area contributed by atoms with Gasteiger partial charge in [0.25, 0.3) is 0 Å². The molecule has 0 nitrogen and oxygen atoms in total. The minimum atomic E-state index is 1.33. The summed E-state index contributed by atoms with van der Waals surface area (Å²) in [5, 5.41) is 0. The summed E-state index contributed by atoms with van der Waals surface area (Å²) >= 11 is 0. The zero-order valence-electron chi connectivity index (χ0n) is 5.04. The van der Waals surface area contributed by atoms with Gasteiger partial charge in [-0.15, -0.1) is 0 Å². The van der Waals surface area contributed by atoms with Crippen LogP contribution in [0.2, 0.25) is 0 Å². The summed E-state index contributed by atoms with van der Waals surface area (Å²) in [4.78, 5) is 0. The highest BCUT2D eigenvalue weighted by Gasteiger charge is 2.11. The van der Waals surface area contributed by atoms with Crippen molar-refractivity contribution in [1.29, 1.82) is 0 Å². The lowest BCUT2D eigenvalue weighted by Gasteiger charge is -1.98. The monoisotopic (exact) mass is 97.1 g/mol. The minimum Gasteiger partial charge on any atom is -0.0648 e. The topological polar surface area (TPSA) is 0 Å². The predicted octanol–water partition coefficient (Wildman–Crippen LogP) is 2.54. The van der Waals surface area contributed by atoms with E-state index in [9.17, 15) is 0 Å². The Bertz CT molecular complexity index is 42.0. The Kier molecular flexibility index (Phi) is 1.72. The molecule has 0 aliphatic heterocycles. The molecule has 1 aliphatic rings. The van der Waals surface area contributed by atoms with Gasteiger partial charge in [-0.3, -0.25) is 0 Å². The van der Waals surface area contributed by atoms with Gasteiger partial charge in [0.05, 0.1) is 0 Å². The van der Waals surface area contributed by atoms with Crippen molar-refractivity contribution in [3.05, 3.63) is 5.92 Å². The average molecular weight is 97.2 g/mol. The van der Waals surface area contributed by atoms with Crippen LogP contribution in [-0.2, 0) is 0 Å². The van der Waals surface area contributed by atoms with Crippen LogP contribution in [-0.4, -0.2) is 0 Å². The third-order valence-electron chi connectivity index (χ3n) is 1.81. The van der Waals surface area contributed by atoms with Gasteiger partial charge in [0, 0.05) is 0 Å². The van der Waals surface area contributed by atoms with Crippen molar-refractivity contribution in [2.24, 2.45) is 0 Å². The Morgan fingerprint density at radius 3 is 2.14 bits per heavy atom. The summed E-state index contributed by atoms with van der Waals surface area (Å²) in [7, 11) is 0. The van der Waals surface area contributed by atoms with Crippen LogP contribution < -0.4 is 0 Å². The van der Waals surface area contributed by atoms with Gasteiger partial charge in [0.1, 0.15) is 0 Å². The average Bonchev–Trinajstić information content (AvgIpc) is 2.14. The van der Waals surface area contributed by atoms with Gasteiger partial charge in [0.15, 0.2) is 0 Å². The maximum absolute atomic E-state index is 2.26. The van der Waals surface area contributed by atoms with Gasteiger partial charge in [-0.05, 0) is 25.2 Å². The molecule has 7 heavy (non-hydrogen) atoms. The van der Waals surface area contributed by atoms with E-state index >= 15 is 0 Å². The van der Waals surface area contributed by atoms with Gasteiger partial charge in [-0.25, -0.2) is 0 Å². The number of rotatable bonds is 1. The molecule has 1 radical (unpaired) electrons. The molecule has 0 saturated heterocycles. The lowest BCUT2D eigenvalue weighted by molar-refractivity contribution is 0.815. The molecule has 1 rings (SSSR count). The molecule has 0 atom stereocenters. The van der Waals surface area contributed by atoms with Crippen LogP contribution in [0.1, 0.15) is 39.0 Å². The van der Waals surface area contributed by atoms with Crippen LogP contribution in [0, 0.1) is 5.92 Å². The number of hydrogen-bond acceptors (Lipinski definition) is 0. The van der Waals surface area contributed by atoms with Crippen molar-refractivity contribution in [2.45, 2.75) is 39.0 Å². The van der Waals surface area contributed by atoms with Crippen LogP contribution in [0.25, 0.3) is 0 Å². The molecular weight excluding hydrogens is 84.1 g/mol. The molecule has 0 spiro atoms. The summed E-state index contributed by atoms with van der Waals surface area (Å²) in [6.07, 6.45) is 7.11. The molecule has 1 aliphatic carbocycles. The highest BCUT2D eigenvalue weighted by molar-refractivity contribution is 4.92. The van der Waals surface area contributed by atoms with E-state index in [1.165, 1.54) is 32.1 Å². The molecule has 1 saturated carbocycles. The van der Waals surface area contributed by atoms with Crippen molar-refractivity contribution >= 4 is 0 Å². The van der Waals surface area contributed by atoms with Gasteiger partial charge >= 0.3 is 0 Å². The zero-order valence-corrected chi connectivity index (χ0v) is 5.04. The Labute approximate surface area is 45.9 Å². The van der Waals surface area contributed by atoms with Crippen LogP contribution >= 0.6 is 0 Å². The fourth-order valence-electron chi connectivity index (χ4n) is 1.23. The SMILES string of the molecule is CC[C]1CCCC1. The van der Waals surface area contributed by atoms with E-state index in [0.29, 0.717) is 0 Å². The first-order chi connectivity index (χ1) is 3.43. The standard InChI is InChI=1S/C7H13/c1-2-7-5-3-4-6-7/h2-6H2,1H3. The zero-order chi connectivity index (χ0) is 5.11. The van der Waals surface area contributed by atoms with Crippen LogP contribution in [0.15, 0.2) is 0 Å². The fourth-order valence-corrected chi connectivity index (χ4v) is 1.23. The molecule has 1 fully saturated rings. The third kappa shape index (κ3) is 1.19. The lowest BCUT2D eigenvalue weighted by atomic mass is 10.1. The first kappa shape index (κ1) is 5.14. The first-order valence-electron chi connectivity index (χ1n) is 3.27. The highest BCUT2D eigenvalue weighted by Crippen LogP contribution is 2.28. The molecule has 0 amide bonds. The van der Waals surface area contributed by atoms with E-state index in [4.69, 9.17) is 0 Å². The second kappa shape index (κ2) is 2.34. The second-order valence-corrected chi connectivity index (χ2v) is 2.31. The number of hydrogen-bond donors (Lipinski definition) is 0. The van der Waals surface area contributed by atoms with Crippen molar-refractivity contribution in [2.75, 3.05) is 0 Å². The van der Waals surface area contributed by atoms with Crippen molar-refractivity contribution in [3.63, 3.8) is 0 Å². The van der Waals surface area contributed by atoms with Gasteiger partial charge < -0.3 is 0 Å². The minimum absolute atomic E-state index is 1.33. The van der Waals surface area contributed by atoms with E-state index in [-0.39, 0.29) is 0 Å². The molecule has 0 N–H and O–H groups in total. The Balaban J connectivity index is 2.14. The normalized spacial score (nSPS) is 23.6. The maximum Gasteiger partial charge on any atom is -0.0244 e. The van der Waals surface area contributed by atoms with Gasteiger partial charge in [-0.2, -0.15) is 0 Å². The summed E-state index contributed by atoms with van der Waals surface area (Å²) < 4.78 is 0. The molecule has 0 aromatic rings. The summed E-state index contributed by atoms with van der Waals surface area (Å²) in [5.41, 5.74) is 0. The van der Waals surface area contributed by atoms with Crippen LogP contribution in [0.3, 0.4) is 0 Å². The molecule has 0 heterocycles. The molecule has 0 bridgehead atoms. The smallest absolute Gasteiger partial charge is 0.0244 e. The third-order valence-corrected chi connectivity index (χ3v) is 1.81. The maximum atomic E-state index is 2.26. The van der Waals surface area contributed by atoms with E-state index in [1.54, 1.807) is 5.92 Å². The summed E-state index contributed by atoms with van der Waals surface area (Å²) in [6, 6.07) is 0. The molecule has 41 valence electrons. The van der Waals surface area contributed by atoms with Crippen molar-refractivity contribution < 1.29 is 0 Å². The first-order valence-corrected chi connectivity index (χ1v) is 3.27. The quantitative estimate of drug-likeness (QED) is 0.471. The van der Waals surface area contributed by atoms with E-state index < -0.39 is 0 Å². The lowest BCUT2D eigenvalue weighted by Crippen LogP contribution is -1.83. The molecule has 0 aromatic carbocycles. The second-order valence-electron chi connectivity index (χ2n) is 2.31. The highest BCUT2D eigenvalue weighted by atomic mass is 14.2. The van der Waals surface area contributed by atoms with E-state index in [0.717, 1.165) is 0 Å². The van der Waals surface area contributed by atoms with Crippen molar-refractivity contribution in [3.8, 4) is 0 Å². The molecule has 0 heteroatoms.